The first kappa shape index (κ1) is 34.0. The van der Waals surface area contributed by atoms with Crippen LogP contribution in [0.2, 0.25) is 0 Å². The van der Waals surface area contributed by atoms with E-state index in [0.29, 0.717) is 19.3 Å². The maximum absolute atomic E-state index is 14.0. The predicted molar refractivity (Wildman–Crippen MR) is 154 cm³/mol. The molecule has 0 bridgehead atoms. The van der Waals surface area contributed by atoms with Gasteiger partial charge in [-0.1, -0.05) is 27.2 Å². The highest BCUT2D eigenvalue weighted by atomic mass is 32.2. The molecule has 1 saturated heterocycles. The average Bonchev–Trinajstić information content (AvgIpc) is 3.78. The Morgan fingerprint density at radius 2 is 1.76 bits per heavy atom. The van der Waals surface area contributed by atoms with Gasteiger partial charge < -0.3 is 30.1 Å². The van der Waals surface area contributed by atoms with Crippen LogP contribution in [-0.2, 0) is 33.9 Å². The molecule has 0 aromatic carbocycles. The maximum atomic E-state index is 14.0. The van der Waals surface area contributed by atoms with E-state index in [1.807, 2.05) is 20.8 Å². The van der Waals surface area contributed by atoms with Gasteiger partial charge in [0.1, 0.15) is 23.2 Å². The summed E-state index contributed by atoms with van der Waals surface area (Å²) in [5.74, 6) is -2.45. The molecule has 2 aliphatic carbocycles. The summed E-state index contributed by atoms with van der Waals surface area (Å²) in [6.07, 6.45) is 0.243. The summed E-state index contributed by atoms with van der Waals surface area (Å²) in [5, 5.41) is 15.2. The van der Waals surface area contributed by atoms with Crippen LogP contribution < -0.4 is 15.4 Å². The second-order valence-corrected chi connectivity index (χ2v) is 14.9. The van der Waals surface area contributed by atoms with Crippen LogP contribution in [0.15, 0.2) is 0 Å². The van der Waals surface area contributed by atoms with Gasteiger partial charge in [-0.25, -0.2) is 13.2 Å². The lowest BCUT2D eigenvalue weighted by atomic mass is 10.0. The molecule has 0 radical (unpaired) electrons. The van der Waals surface area contributed by atoms with Crippen molar-refractivity contribution in [3.05, 3.63) is 0 Å². The van der Waals surface area contributed by atoms with Crippen molar-refractivity contribution in [3.63, 3.8) is 0 Å². The molecule has 3 aliphatic rings. The fraction of sp³-hybridized carbons (Fsp3) is 0.857. The van der Waals surface area contributed by atoms with E-state index in [1.54, 1.807) is 27.7 Å². The summed E-state index contributed by atoms with van der Waals surface area (Å²) in [6.45, 7) is 12.3. The standard InChI is InChI=1S/C28H48N4O9S/c1-8-10-17(4)40-21(9-2)22(29-26(37)41-27(5,6)7)24(35)32-15-18(33)13-20(32)23(34)30-28(14-16(28)3)25(36)31-42(38,39)19-11-12-19/h16-22,33H,8-15H2,1-7H3,(H,29,37)(H,30,34)(H,31,36)/t16-,17-,18-,20+,21+,22+,28-/m1/s1. The average molecular weight is 617 g/mol. The third kappa shape index (κ3) is 8.34. The number of aliphatic hydroxyl groups is 1. The van der Waals surface area contributed by atoms with Crippen LogP contribution >= 0.6 is 0 Å². The van der Waals surface area contributed by atoms with Gasteiger partial charge in [0.05, 0.1) is 23.6 Å². The molecule has 240 valence electrons. The van der Waals surface area contributed by atoms with Gasteiger partial charge in [0.15, 0.2) is 0 Å². The summed E-state index contributed by atoms with van der Waals surface area (Å²) in [7, 11) is -3.82. The number of β-amino-alcohol motifs (C(OH)–C–C–N with tert-alkyl or cyclic N) is 1. The molecule has 3 fully saturated rings. The van der Waals surface area contributed by atoms with Gasteiger partial charge in [-0.3, -0.25) is 19.1 Å². The van der Waals surface area contributed by atoms with Gasteiger partial charge in [-0.2, -0.15) is 0 Å². The molecule has 0 aromatic heterocycles. The van der Waals surface area contributed by atoms with E-state index in [4.69, 9.17) is 9.47 Å². The number of nitrogens with one attached hydrogen (secondary N) is 3. The molecule has 0 unspecified atom stereocenters. The van der Waals surface area contributed by atoms with Gasteiger partial charge in [-0.15, -0.1) is 0 Å². The van der Waals surface area contributed by atoms with Crippen molar-refractivity contribution in [2.45, 2.75) is 140 Å². The highest BCUT2D eigenvalue weighted by Crippen LogP contribution is 2.44. The lowest BCUT2D eigenvalue weighted by molar-refractivity contribution is -0.145. The van der Waals surface area contributed by atoms with Crippen LogP contribution in [0.3, 0.4) is 0 Å². The Balaban J connectivity index is 1.82. The number of hydrogen-bond acceptors (Lipinski definition) is 9. The molecular weight excluding hydrogens is 568 g/mol. The monoisotopic (exact) mass is 616 g/mol. The molecule has 0 spiro atoms. The van der Waals surface area contributed by atoms with Crippen LogP contribution in [0, 0.1) is 5.92 Å². The first-order chi connectivity index (χ1) is 19.4. The topological polar surface area (TPSA) is 180 Å². The minimum atomic E-state index is -3.82. The van der Waals surface area contributed by atoms with E-state index in [2.05, 4.69) is 15.4 Å². The summed E-state index contributed by atoms with van der Waals surface area (Å²) < 4.78 is 38.4. The zero-order chi connectivity index (χ0) is 31.6. The Morgan fingerprint density at radius 1 is 1.14 bits per heavy atom. The maximum Gasteiger partial charge on any atom is 0.408 e. The summed E-state index contributed by atoms with van der Waals surface area (Å²) in [6, 6.07) is -2.37. The smallest absolute Gasteiger partial charge is 0.408 e. The van der Waals surface area contributed by atoms with Gasteiger partial charge in [0.25, 0.3) is 5.91 Å². The summed E-state index contributed by atoms with van der Waals surface area (Å²) in [5.41, 5.74) is -2.26. The van der Waals surface area contributed by atoms with E-state index in [1.165, 1.54) is 4.90 Å². The molecule has 7 atom stereocenters. The SMILES string of the molecule is CCC[C@@H](C)O[C@@H](CC)[C@H](NC(=O)OC(C)(C)C)C(=O)N1C[C@H](O)C[C@H]1C(=O)N[C@]1(C(=O)NS(=O)(=O)C2CC2)C[C@H]1C. The van der Waals surface area contributed by atoms with Crippen molar-refractivity contribution in [2.24, 2.45) is 5.92 Å². The molecule has 13 nitrogen and oxygen atoms in total. The number of aliphatic hydroxyl groups excluding tert-OH is 1. The van der Waals surface area contributed by atoms with Gasteiger partial charge in [-0.05, 0) is 65.7 Å². The van der Waals surface area contributed by atoms with E-state index in [0.717, 1.165) is 12.8 Å². The molecule has 0 aromatic rings. The molecule has 42 heavy (non-hydrogen) atoms. The minimum Gasteiger partial charge on any atom is -0.444 e. The fourth-order valence-electron chi connectivity index (χ4n) is 5.37. The second kappa shape index (κ2) is 13.0. The quantitative estimate of drug-likeness (QED) is 0.237. The number of amides is 4. The lowest BCUT2D eigenvalue weighted by Crippen LogP contribution is -2.60. The van der Waals surface area contributed by atoms with E-state index in [9.17, 15) is 32.7 Å². The summed E-state index contributed by atoms with van der Waals surface area (Å²) in [4.78, 5) is 54.6. The number of rotatable bonds is 13. The van der Waals surface area contributed by atoms with Crippen molar-refractivity contribution in [1.29, 1.82) is 0 Å². The number of carbonyl (C=O) groups is 4. The van der Waals surface area contributed by atoms with Crippen LogP contribution in [0.5, 0.6) is 0 Å². The molecule has 1 aliphatic heterocycles. The normalized spacial score (nSPS) is 27.9. The van der Waals surface area contributed by atoms with Crippen LogP contribution in [0.25, 0.3) is 0 Å². The zero-order valence-corrected chi connectivity index (χ0v) is 26.6. The number of nitrogens with zero attached hydrogens (tertiary/aromatic N) is 1. The van der Waals surface area contributed by atoms with Gasteiger partial charge in [0.2, 0.25) is 21.8 Å². The largest absolute Gasteiger partial charge is 0.444 e. The molecule has 4 amide bonds. The molecule has 4 N–H and O–H groups in total. The van der Waals surface area contributed by atoms with E-state index in [-0.39, 0.29) is 31.4 Å². The lowest BCUT2D eigenvalue weighted by Gasteiger charge is -2.34. The Labute approximate surface area is 248 Å². The van der Waals surface area contributed by atoms with Crippen molar-refractivity contribution in [3.8, 4) is 0 Å². The van der Waals surface area contributed by atoms with Crippen molar-refractivity contribution in [2.75, 3.05) is 6.54 Å². The molecule has 1 heterocycles. The molecular formula is C28H48N4O9S. The van der Waals surface area contributed by atoms with Crippen LogP contribution in [0.4, 0.5) is 4.79 Å². The molecule has 2 saturated carbocycles. The number of likely N-dealkylation sites (tertiary alicyclic amines) is 1. The summed E-state index contributed by atoms with van der Waals surface area (Å²) >= 11 is 0. The number of hydrogen-bond donors (Lipinski definition) is 4. The second-order valence-electron chi connectivity index (χ2n) is 12.9. The number of ether oxygens (including phenoxy) is 2. The Bertz CT molecular complexity index is 1140. The number of alkyl carbamates (subject to hydrolysis) is 1. The van der Waals surface area contributed by atoms with Crippen molar-refractivity contribution >= 4 is 33.8 Å². The van der Waals surface area contributed by atoms with E-state index >= 15 is 0 Å². The van der Waals surface area contributed by atoms with Gasteiger partial charge >= 0.3 is 6.09 Å². The van der Waals surface area contributed by atoms with Crippen LogP contribution in [0.1, 0.15) is 93.4 Å². The third-order valence-electron chi connectivity index (χ3n) is 7.94. The fourth-order valence-corrected chi connectivity index (χ4v) is 6.74. The number of carbonyl (C=O) groups excluding carboxylic acids is 4. The first-order valence-corrected chi connectivity index (χ1v) is 16.5. The predicted octanol–water partition coefficient (Wildman–Crippen LogP) is 1.33. The Morgan fingerprint density at radius 3 is 2.26 bits per heavy atom. The molecule has 3 rings (SSSR count). The third-order valence-corrected chi connectivity index (χ3v) is 9.76. The van der Waals surface area contributed by atoms with Crippen LogP contribution in [-0.4, -0.2) is 95.6 Å². The highest BCUT2D eigenvalue weighted by molar-refractivity contribution is 7.91. The van der Waals surface area contributed by atoms with Gasteiger partial charge in [0, 0.05) is 13.0 Å². The highest BCUT2D eigenvalue weighted by Gasteiger charge is 2.61. The zero-order valence-electron chi connectivity index (χ0n) is 25.8. The van der Waals surface area contributed by atoms with E-state index < -0.39 is 74.5 Å². The Kier molecular flexibility index (Phi) is 10.6. The van der Waals surface area contributed by atoms with Crippen molar-refractivity contribution < 1.29 is 42.2 Å². The first-order valence-electron chi connectivity index (χ1n) is 15.0. The Hall–Kier alpha value is -2.45. The van der Waals surface area contributed by atoms with Crippen molar-refractivity contribution in [1.82, 2.24) is 20.3 Å². The number of sulfonamides is 1. The molecule has 14 heteroatoms. The minimum absolute atomic E-state index is 0.0902.